The number of H-pyrrole nitrogens is 1. The fourth-order valence-corrected chi connectivity index (χ4v) is 11.0. The number of hydrogen-bond donors (Lipinski definition) is 1. The molecule has 3 aromatic heterocycles. The van der Waals surface area contributed by atoms with E-state index in [1.54, 1.807) is 0 Å². The summed E-state index contributed by atoms with van der Waals surface area (Å²) in [5.41, 5.74) is 13.6. The topological polar surface area (TPSA) is 41.0 Å². The number of thiophene rings is 1. The number of para-hydroxylation sites is 1. The molecule has 0 amide bonds. The molecule has 288 valence electrons. The second-order valence-electron chi connectivity index (χ2n) is 16.2. The zero-order valence-electron chi connectivity index (χ0n) is 33.4. The second-order valence-corrected chi connectivity index (χ2v) is 17.2. The van der Waals surface area contributed by atoms with Crippen molar-refractivity contribution in [1.29, 1.82) is 0 Å². The molecule has 0 unspecified atom stereocenters. The first kappa shape index (κ1) is 34.9. The van der Waals surface area contributed by atoms with Crippen molar-refractivity contribution >= 4 is 87.3 Å². The average Bonchev–Trinajstić information content (AvgIpc) is 3.99. The molecule has 4 heterocycles. The number of aromatic nitrogens is 2. The van der Waals surface area contributed by atoms with Crippen LogP contribution in [-0.4, -0.2) is 16.2 Å². The monoisotopic (exact) mass is 805 g/mol. The molecular weight excluding hydrogens is 771 g/mol. The number of aromatic amines is 1. The van der Waals surface area contributed by atoms with E-state index in [-0.39, 0.29) is 0 Å². The number of fused-ring (bicyclic) bond motifs is 7. The maximum absolute atomic E-state index is 5.39. The largest absolute Gasteiger partial charge is 0.367 e. The van der Waals surface area contributed by atoms with Gasteiger partial charge in [0.2, 0.25) is 0 Å². The van der Waals surface area contributed by atoms with Crippen LogP contribution < -0.4 is 0 Å². The maximum Gasteiger partial charge on any atom is 0.0803 e. The molecule has 4 heteroatoms. The Morgan fingerprint density at radius 3 is 1.63 bits per heavy atom. The Labute approximate surface area is 361 Å². The predicted octanol–water partition coefficient (Wildman–Crippen LogP) is 16.2. The lowest BCUT2D eigenvalue weighted by atomic mass is 9.84. The quantitative estimate of drug-likeness (QED) is 0.167. The lowest BCUT2D eigenvalue weighted by Gasteiger charge is -2.19. The van der Waals surface area contributed by atoms with Crippen LogP contribution in [0.1, 0.15) is 5.56 Å². The van der Waals surface area contributed by atoms with Crippen LogP contribution in [0.3, 0.4) is 0 Å². The van der Waals surface area contributed by atoms with Crippen molar-refractivity contribution in [2.45, 2.75) is 0 Å². The van der Waals surface area contributed by atoms with Gasteiger partial charge in [0.25, 0.3) is 0 Å². The number of nitrogens with one attached hydrogen (secondary N) is 1. The van der Waals surface area contributed by atoms with Crippen molar-refractivity contribution in [2.24, 2.45) is 4.99 Å². The van der Waals surface area contributed by atoms with Gasteiger partial charge in [-0.05, 0) is 113 Å². The van der Waals surface area contributed by atoms with Crippen molar-refractivity contribution in [1.82, 2.24) is 9.97 Å². The third-order valence-corrected chi connectivity index (χ3v) is 14.0. The summed E-state index contributed by atoms with van der Waals surface area (Å²) in [6.45, 7) is 0. The standard InChI is InChI=1S/C58H35N3S/c1-3-11-39-31-42(23-19-35(39)9-1)52-45-13-5-6-14-46(45)53(43-24-20-36-10-2-4-12-40(36)32-43)49-33-41(25-26-47(49)52)37-17-21-38(22-18-37)56-55-54(51-28-30-60-51)57(44-27-29-59-34-44)62-58(55)48-15-7-8-16-50(48)61-56/h1-34,59H. The highest BCUT2D eigenvalue weighted by Crippen LogP contribution is 2.50. The van der Waals surface area contributed by atoms with E-state index in [9.17, 15) is 0 Å². The minimum atomic E-state index is 0.977. The van der Waals surface area contributed by atoms with Gasteiger partial charge in [0.05, 0.1) is 16.9 Å². The third-order valence-electron chi connectivity index (χ3n) is 12.7. The van der Waals surface area contributed by atoms with E-state index in [1.165, 1.54) is 80.5 Å². The summed E-state index contributed by atoms with van der Waals surface area (Å²) < 4.78 is 1.23. The van der Waals surface area contributed by atoms with Crippen LogP contribution in [0.2, 0.25) is 0 Å². The summed E-state index contributed by atoms with van der Waals surface area (Å²) in [5.74, 6) is 0. The van der Waals surface area contributed by atoms with Gasteiger partial charge in [-0.2, -0.15) is 0 Å². The Hall–Kier alpha value is -7.92. The van der Waals surface area contributed by atoms with Crippen molar-refractivity contribution in [3.63, 3.8) is 0 Å². The first-order valence-corrected chi connectivity index (χ1v) is 21.9. The maximum atomic E-state index is 5.39. The first-order chi connectivity index (χ1) is 30.7. The number of pyridine rings is 1. The van der Waals surface area contributed by atoms with Crippen molar-refractivity contribution in [3.8, 4) is 55.1 Å². The Balaban J connectivity index is 1.02. The molecule has 12 aromatic rings. The van der Waals surface area contributed by atoms with Crippen LogP contribution in [0.25, 0.3) is 125 Å². The first-order valence-electron chi connectivity index (χ1n) is 21.0. The lowest BCUT2D eigenvalue weighted by Crippen LogP contribution is -1.94. The summed E-state index contributed by atoms with van der Waals surface area (Å²) in [7, 11) is 0. The number of benzene rings is 9. The van der Waals surface area contributed by atoms with Crippen LogP contribution in [0.15, 0.2) is 205 Å². The highest BCUT2D eigenvalue weighted by atomic mass is 32.1. The molecule has 0 fully saturated rings. The molecule has 13 rings (SSSR count). The molecular formula is C58H35N3S. The van der Waals surface area contributed by atoms with Gasteiger partial charge in [-0.25, -0.2) is 4.98 Å². The molecule has 9 aromatic carbocycles. The van der Waals surface area contributed by atoms with E-state index in [0.717, 1.165) is 49.9 Å². The van der Waals surface area contributed by atoms with Gasteiger partial charge < -0.3 is 4.98 Å². The van der Waals surface area contributed by atoms with Gasteiger partial charge in [-0.15, -0.1) is 11.3 Å². The molecule has 3 nitrogen and oxygen atoms in total. The van der Waals surface area contributed by atoms with Crippen LogP contribution in [0, 0.1) is 0 Å². The molecule has 62 heavy (non-hydrogen) atoms. The number of rotatable bonds is 6. The summed E-state index contributed by atoms with van der Waals surface area (Å²) >= 11 is 1.82. The minimum Gasteiger partial charge on any atom is -0.367 e. The Morgan fingerprint density at radius 2 is 0.984 bits per heavy atom. The predicted molar refractivity (Wildman–Crippen MR) is 265 cm³/mol. The highest BCUT2D eigenvalue weighted by Gasteiger charge is 2.25. The zero-order valence-corrected chi connectivity index (χ0v) is 34.2. The highest BCUT2D eigenvalue weighted by molar-refractivity contribution is 7.23. The van der Waals surface area contributed by atoms with Crippen molar-refractivity contribution < 1.29 is 0 Å². The second kappa shape index (κ2) is 13.8. The fourth-order valence-electron chi connectivity index (χ4n) is 9.70. The number of allylic oxidation sites excluding steroid dienone is 1. The van der Waals surface area contributed by atoms with Crippen LogP contribution in [0.4, 0.5) is 0 Å². The average molecular weight is 806 g/mol. The van der Waals surface area contributed by atoms with Gasteiger partial charge in [0, 0.05) is 55.6 Å². The molecule has 1 N–H and O–H groups in total. The van der Waals surface area contributed by atoms with Crippen molar-refractivity contribution in [3.05, 3.63) is 206 Å². The Morgan fingerprint density at radius 1 is 0.419 bits per heavy atom. The third kappa shape index (κ3) is 5.44. The van der Waals surface area contributed by atoms with E-state index in [2.05, 4.69) is 199 Å². The van der Waals surface area contributed by atoms with Gasteiger partial charge in [0.1, 0.15) is 0 Å². The number of hydrogen-bond acceptors (Lipinski definition) is 3. The molecule has 0 bridgehead atoms. The number of nitrogens with zero attached hydrogens (tertiary/aromatic N) is 2. The van der Waals surface area contributed by atoms with Gasteiger partial charge in [-0.3, -0.25) is 4.99 Å². The summed E-state index contributed by atoms with van der Waals surface area (Å²) in [6.07, 6.45) is 8.05. The van der Waals surface area contributed by atoms with E-state index < -0.39 is 0 Å². The summed E-state index contributed by atoms with van der Waals surface area (Å²) in [5, 5.41) is 12.2. The van der Waals surface area contributed by atoms with Gasteiger partial charge >= 0.3 is 0 Å². The molecule has 0 radical (unpaired) electrons. The van der Waals surface area contributed by atoms with Crippen LogP contribution in [-0.2, 0) is 0 Å². The summed E-state index contributed by atoms with van der Waals surface area (Å²) in [4.78, 5) is 14.6. The molecule has 1 aliphatic heterocycles. The lowest BCUT2D eigenvalue weighted by molar-refractivity contribution is 1.41. The Bertz CT molecular complexity index is 3850. The van der Waals surface area contributed by atoms with E-state index in [1.807, 2.05) is 23.7 Å². The normalized spacial score (nSPS) is 12.5. The van der Waals surface area contributed by atoms with Gasteiger partial charge in [-0.1, -0.05) is 152 Å². The molecule has 0 saturated heterocycles. The molecule has 0 spiro atoms. The van der Waals surface area contributed by atoms with E-state index in [4.69, 9.17) is 9.98 Å². The number of aliphatic imine (C=N–C) groups is 1. The fraction of sp³-hybridized carbons (Fsp3) is 0. The molecule has 0 aliphatic carbocycles. The van der Waals surface area contributed by atoms with Gasteiger partial charge in [0.15, 0.2) is 0 Å². The summed E-state index contributed by atoms with van der Waals surface area (Å²) in [6, 6.07) is 66.8. The molecule has 0 saturated carbocycles. The van der Waals surface area contributed by atoms with E-state index in [0.29, 0.717) is 0 Å². The SMILES string of the molecule is C1=NC(c2c(-c3cc[nH]c3)sc3c2c(-c2ccc(-c4ccc5c(-c6ccc7ccccc7c6)c6ccccc6c(-c6ccc7ccccc7c6)c5c4)cc2)nc2ccccc23)=C1. The van der Waals surface area contributed by atoms with E-state index >= 15 is 0 Å². The van der Waals surface area contributed by atoms with Crippen molar-refractivity contribution in [2.75, 3.05) is 0 Å². The molecule has 1 aliphatic rings. The van der Waals surface area contributed by atoms with Crippen LogP contribution >= 0.6 is 11.3 Å². The Kier molecular flexibility index (Phi) is 7.78. The smallest absolute Gasteiger partial charge is 0.0803 e. The van der Waals surface area contributed by atoms with Crippen LogP contribution in [0.5, 0.6) is 0 Å². The zero-order chi connectivity index (χ0) is 40.7. The molecule has 0 atom stereocenters. The minimum absolute atomic E-state index is 0.977.